The molecule has 0 spiro atoms. The lowest BCUT2D eigenvalue weighted by Gasteiger charge is -2.05. The SMILES string of the molecule is CCCCCC(CCCCCC(=O)C(C)Br)=NO. The summed E-state index contributed by atoms with van der Waals surface area (Å²) < 4.78 is 0. The van der Waals surface area contributed by atoms with E-state index in [0.29, 0.717) is 6.42 Å². The van der Waals surface area contributed by atoms with Crippen LogP contribution in [0.25, 0.3) is 0 Å². The molecule has 4 heteroatoms. The predicted octanol–water partition coefficient (Wildman–Crippen LogP) is 4.70. The standard InChI is InChI=1S/C14H26BrNO2/c1-3-4-6-9-13(16-18)10-7-5-8-11-14(17)12(2)15/h12,18H,3-11H2,1-2H3. The van der Waals surface area contributed by atoms with E-state index in [1.807, 2.05) is 6.92 Å². The van der Waals surface area contributed by atoms with Gasteiger partial charge in [0.05, 0.1) is 10.5 Å². The van der Waals surface area contributed by atoms with Gasteiger partial charge in [0.15, 0.2) is 0 Å². The first-order valence-electron chi connectivity index (χ1n) is 6.98. The molecular weight excluding hydrogens is 294 g/mol. The topological polar surface area (TPSA) is 49.7 Å². The van der Waals surface area contributed by atoms with Crippen LogP contribution in [0, 0.1) is 0 Å². The number of nitrogens with zero attached hydrogens (tertiary/aromatic N) is 1. The Labute approximate surface area is 119 Å². The number of carbonyl (C=O) groups excluding carboxylic acids is 1. The highest BCUT2D eigenvalue weighted by Crippen LogP contribution is 2.11. The van der Waals surface area contributed by atoms with E-state index in [2.05, 4.69) is 28.0 Å². The van der Waals surface area contributed by atoms with E-state index in [4.69, 9.17) is 5.21 Å². The third kappa shape index (κ3) is 9.63. The van der Waals surface area contributed by atoms with Crippen LogP contribution >= 0.6 is 15.9 Å². The molecule has 0 aliphatic heterocycles. The number of carbonyl (C=O) groups is 1. The summed E-state index contributed by atoms with van der Waals surface area (Å²) >= 11 is 3.28. The fourth-order valence-corrected chi connectivity index (χ4v) is 2.04. The van der Waals surface area contributed by atoms with Gasteiger partial charge in [0.25, 0.3) is 0 Å². The Morgan fingerprint density at radius 1 is 1.11 bits per heavy atom. The summed E-state index contributed by atoms with van der Waals surface area (Å²) in [6.45, 7) is 4.03. The summed E-state index contributed by atoms with van der Waals surface area (Å²) in [6, 6.07) is 0. The van der Waals surface area contributed by atoms with Crippen LogP contribution in [0.2, 0.25) is 0 Å². The number of unbranched alkanes of at least 4 members (excludes halogenated alkanes) is 4. The summed E-state index contributed by atoms with van der Waals surface area (Å²) in [5.74, 6) is 0.272. The maximum Gasteiger partial charge on any atom is 0.146 e. The molecular formula is C14H26BrNO2. The molecule has 0 saturated carbocycles. The number of oxime groups is 1. The zero-order valence-electron chi connectivity index (χ0n) is 11.6. The summed E-state index contributed by atoms with van der Waals surface area (Å²) in [4.78, 5) is 11.3. The fourth-order valence-electron chi connectivity index (χ4n) is 1.81. The Morgan fingerprint density at radius 2 is 1.67 bits per heavy atom. The molecule has 0 amide bonds. The van der Waals surface area contributed by atoms with Gasteiger partial charge in [-0.3, -0.25) is 4.79 Å². The second kappa shape index (κ2) is 11.7. The van der Waals surface area contributed by atoms with Crippen LogP contribution in [0.3, 0.4) is 0 Å². The van der Waals surface area contributed by atoms with Crippen LogP contribution in [0.5, 0.6) is 0 Å². The van der Waals surface area contributed by atoms with Crippen molar-refractivity contribution in [2.45, 2.75) is 76.5 Å². The second-order valence-electron chi connectivity index (χ2n) is 4.77. The molecule has 1 N–H and O–H groups in total. The van der Waals surface area contributed by atoms with Crippen LogP contribution < -0.4 is 0 Å². The second-order valence-corrected chi connectivity index (χ2v) is 6.14. The molecule has 0 fully saturated rings. The van der Waals surface area contributed by atoms with Gasteiger partial charge < -0.3 is 5.21 Å². The van der Waals surface area contributed by atoms with Crippen molar-refractivity contribution in [3.63, 3.8) is 0 Å². The van der Waals surface area contributed by atoms with Crippen molar-refractivity contribution in [1.29, 1.82) is 0 Å². The first-order valence-corrected chi connectivity index (χ1v) is 7.90. The van der Waals surface area contributed by atoms with Crippen molar-refractivity contribution in [3.05, 3.63) is 0 Å². The van der Waals surface area contributed by atoms with Gasteiger partial charge in [0.2, 0.25) is 0 Å². The van der Waals surface area contributed by atoms with E-state index < -0.39 is 0 Å². The number of alkyl halides is 1. The van der Waals surface area contributed by atoms with Gasteiger partial charge in [-0.25, -0.2) is 0 Å². The highest BCUT2D eigenvalue weighted by molar-refractivity contribution is 9.10. The van der Waals surface area contributed by atoms with E-state index >= 15 is 0 Å². The summed E-state index contributed by atoms with van der Waals surface area (Å²) in [5, 5.41) is 12.2. The van der Waals surface area contributed by atoms with Crippen LogP contribution in [0.4, 0.5) is 0 Å². The van der Waals surface area contributed by atoms with Crippen LogP contribution in [0.15, 0.2) is 5.16 Å². The predicted molar refractivity (Wildman–Crippen MR) is 79.8 cm³/mol. The highest BCUT2D eigenvalue weighted by Gasteiger charge is 2.08. The molecule has 0 saturated heterocycles. The molecule has 0 aliphatic rings. The normalized spacial score (nSPS) is 13.6. The number of hydrogen-bond acceptors (Lipinski definition) is 3. The Hall–Kier alpha value is -0.380. The molecule has 0 aromatic heterocycles. The van der Waals surface area contributed by atoms with E-state index in [-0.39, 0.29) is 10.6 Å². The van der Waals surface area contributed by atoms with Gasteiger partial charge in [-0.05, 0) is 39.0 Å². The molecule has 0 aromatic carbocycles. The average molecular weight is 320 g/mol. The van der Waals surface area contributed by atoms with Gasteiger partial charge in [-0.2, -0.15) is 0 Å². The Bertz CT molecular complexity index is 252. The van der Waals surface area contributed by atoms with Crippen LogP contribution in [0.1, 0.15) is 71.6 Å². The Balaban J connectivity index is 3.54. The monoisotopic (exact) mass is 319 g/mol. The van der Waals surface area contributed by atoms with Crippen molar-refractivity contribution >= 4 is 27.4 Å². The molecule has 106 valence electrons. The fraction of sp³-hybridized carbons (Fsp3) is 0.857. The molecule has 18 heavy (non-hydrogen) atoms. The minimum absolute atomic E-state index is 0.0268. The minimum atomic E-state index is -0.0268. The van der Waals surface area contributed by atoms with Gasteiger partial charge in [-0.15, -0.1) is 0 Å². The minimum Gasteiger partial charge on any atom is -0.411 e. The van der Waals surface area contributed by atoms with E-state index in [9.17, 15) is 4.79 Å². The molecule has 0 aromatic rings. The highest BCUT2D eigenvalue weighted by atomic mass is 79.9. The molecule has 1 atom stereocenters. The van der Waals surface area contributed by atoms with Gasteiger partial charge in [-0.1, -0.05) is 47.3 Å². The van der Waals surface area contributed by atoms with E-state index in [1.165, 1.54) is 12.8 Å². The lowest BCUT2D eigenvalue weighted by molar-refractivity contribution is -0.118. The average Bonchev–Trinajstić information content (AvgIpc) is 2.36. The van der Waals surface area contributed by atoms with Gasteiger partial charge in [0, 0.05) is 6.42 Å². The Morgan fingerprint density at radius 3 is 2.17 bits per heavy atom. The van der Waals surface area contributed by atoms with Crippen molar-refractivity contribution < 1.29 is 10.0 Å². The van der Waals surface area contributed by atoms with Crippen molar-refractivity contribution in [1.82, 2.24) is 0 Å². The van der Waals surface area contributed by atoms with Crippen molar-refractivity contribution in [2.24, 2.45) is 5.16 Å². The van der Waals surface area contributed by atoms with E-state index in [0.717, 1.165) is 44.2 Å². The van der Waals surface area contributed by atoms with Crippen LogP contribution in [-0.4, -0.2) is 21.5 Å². The lowest BCUT2D eigenvalue weighted by atomic mass is 10.0. The molecule has 0 heterocycles. The summed E-state index contributed by atoms with van der Waals surface area (Å²) in [7, 11) is 0. The quantitative estimate of drug-likeness (QED) is 0.197. The largest absolute Gasteiger partial charge is 0.411 e. The first-order chi connectivity index (χ1) is 8.61. The van der Waals surface area contributed by atoms with Gasteiger partial charge in [0.1, 0.15) is 5.78 Å². The molecule has 0 rings (SSSR count). The summed E-state index contributed by atoms with van der Waals surface area (Å²) in [6.07, 6.45) is 8.86. The molecule has 3 nitrogen and oxygen atoms in total. The third-order valence-electron chi connectivity index (χ3n) is 3.04. The number of hydrogen-bond donors (Lipinski definition) is 1. The number of halogens is 1. The smallest absolute Gasteiger partial charge is 0.146 e. The van der Waals surface area contributed by atoms with Gasteiger partial charge >= 0.3 is 0 Å². The van der Waals surface area contributed by atoms with E-state index in [1.54, 1.807) is 0 Å². The number of Topliss-reactive ketones (excluding diaryl/α,β-unsaturated/α-hetero) is 1. The molecule has 1 unspecified atom stereocenters. The van der Waals surface area contributed by atoms with Crippen molar-refractivity contribution in [3.8, 4) is 0 Å². The first kappa shape index (κ1) is 17.6. The maximum absolute atomic E-state index is 11.4. The number of rotatable bonds is 11. The van der Waals surface area contributed by atoms with Crippen molar-refractivity contribution in [2.75, 3.05) is 0 Å². The van der Waals surface area contributed by atoms with Crippen LogP contribution in [-0.2, 0) is 4.79 Å². The summed E-state index contributed by atoms with van der Waals surface area (Å²) in [5.41, 5.74) is 0.906. The zero-order valence-corrected chi connectivity index (χ0v) is 13.2. The molecule has 0 aliphatic carbocycles. The molecule has 0 bridgehead atoms. The lowest BCUT2D eigenvalue weighted by Crippen LogP contribution is -2.08. The molecule has 0 radical (unpaired) electrons. The maximum atomic E-state index is 11.4. The zero-order chi connectivity index (χ0) is 13.8. The third-order valence-corrected chi connectivity index (χ3v) is 3.55. The Kier molecular flexibility index (Phi) is 11.4. The number of ketones is 1.